The zero-order valence-electron chi connectivity index (χ0n) is 10.1. The van der Waals surface area contributed by atoms with Gasteiger partial charge in [0.25, 0.3) is 0 Å². The molecule has 0 radical (unpaired) electrons. The molecular formula is C12H15F4NO. The molecule has 18 heavy (non-hydrogen) atoms. The molecule has 0 aliphatic carbocycles. The highest BCUT2D eigenvalue weighted by atomic mass is 19.3. The lowest BCUT2D eigenvalue weighted by Gasteiger charge is -2.20. The summed E-state index contributed by atoms with van der Waals surface area (Å²) in [7, 11) is 0. The average molecular weight is 265 g/mol. The summed E-state index contributed by atoms with van der Waals surface area (Å²) in [5.41, 5.74) is 1.21. The lowest BCUT2D eigenvalue weighted by molar-refractivity contribution is -0.126. The number of aromatic hydroxyl groups is 1. The van der Waals surface area contributed by atoms with Crippen molar-refractivity contribution in [3.8, 4) is 5.75 Å². The third kappa shape index (κ3) is 3.60. The Labute approximate surface area is 103 Å². The van der Waals surface area contributed by atoms with Gasteiger partial charge in [-0.2, -0.15) is 8.78 Å². The van der Waals surface area contributed by atoms with E-state index in [2.05, 4.69) is 5.32 Å². The van der Waals surface area contributed by atoms with Gasteiger partial charge in [-0.25, -0.2) is 8.78 Å². The first-order valence-corrected chi connectivity index (χ1v) is 5.43. The molecule has 1 atom stereocenters. The second-order valence-electron chi connectivity index (χ2n) is 4.23. The van der Waals surface area contributed by atoms with E-state index in [0.717, 1.165) is 5.56 Å². The van der Waals surface area contributed by atoms with Crippen LogP contribution in [0.25, 0.3) is 0 Å². The zero-order valence-corrected chi connectivity index (χ0v) is 10.1. The summed E-state index contributed by atoms with van der Waals surface area (Å²) >= 11 is 0. The van der Waals surface area contributed by atoms with Crippen molar-refractivity contribution in [2.75, 3.05) is 6.54 Å². The topological polar surface area (TPSA) is 32.3 Å². The monoisotopic (exact) mass is 265 g/mol. The number of phenols is 1. The Morgan fingerprint density at radius 2 is 1.94 bits per heavy atom. The Hall–Kier alpha value is -1.30. The highest BCUT2D eigenvalue weighted by molar-refractivity contribution is 5.37. The maximum Gasteiger partial charge on any atom is 0.319 e. The summed E-state index contributed by atoms with van der Waals surface area (Å²) in [5.74, 6) is -4.12. The van der Waals surface area contributed by atoms with Crippen LogP contribution >= 0.6 is 0 Å². The van der Waals surface area contributed by atoms with Crippen molar-refractivity contribution in [3.63, 3.8) is 0 Å². The Morgan fingerprint density at radius 1 is 1.33 bits per heavy atom. The predicted molar refractivity (Wildman–Crippen MR) is 60.2 cm³/mol. The van der Waals surface area contributed by atoms with Crippen LogP contribution in [0, 0.1) is 6.92 Å². The summed E-state index contributed by atoms with van der Waals surface area (Å²) in [6.45, 7) is 2.15. The molecule has 1 unspecified atom stereocenters. The van der Waals surface area contributed by atoms with Gasteiger partial charge in [0.05, 0.1) is 6.54 Å². The molecule has 0 saturated heterocycles. The number of alkyl halides is 4. The minimum atomic E-state index is -4.07. The molecule has 0 aliphatic heterocycles. The highest BCUT2D eigenvalue weighted by Gasteiger charge is 2.40. The Morgan fingerprint density at radius 3 is 2.44 bits per heavy atom. The van der Waals surface area contributed by atoms with Crippen molar-refractivity contribution in [1.82, 2.24) is 5.32 Å². The Kier molecular flexibility index (Phi) is 4.56. The van der Waals surface area contributed by atoms with E-state index in [1.54, 1.807) is 19.1 Å². The van der Waals surface area contributed by atoms with Gasteiger partial charge in [-0.05, 0) is 25.5 Å². The summed E-state index contributed by atoms with van der Waals surface area (Å²) < 4.78 is 49.3. The normalized spacial score (nSPS) is 13.9. The SMILES string of the molecule is Cc1ccc(C(C)NCC(F)(F)C(F)F)c(O)c1. The Balaban J connectivity index is 2.69. The number of hydrogen-bond donors (Lipinski definition) is 2. The molecule has 0 saturated carbocycles. The summed E-state index contributed by atoms with van der Waals surface area (Å²) in [4.78, 5) is 0. The Bertz CT molecular complexity index is 409. The largest absolute Gasteiger partial charge is 0.508 e. The minimum Gasteiger partial charge on any atom is -0.508 e. The summed E-state index contributed by atoms with van der Waals surface area (Å²) in [5, 5.41) is 11.9. The third-order valence-corrected chi connectivity index (χ3v) is 2.62. The molecule has 1 rings (SSSR count). The zero-order chi connectivity index (χ0) is 13.9. The lowest BCUT2D eigenvalue weighted by Crippen LogP contribution is -2.39. The number of benzene rings is 1. The molecule has 1 aromatic carbocycles. The van der Waals surface area contributed by atoms with Crippen LogP contribution < -0.4 is 5.32 Å². The van der Waals surface area contributed by atoms with Gasteiger partial charge in [0.1, 0.15) is 5.75 Å². The lowest BCUT2D eigenvalue weighted by atomic mass is 10.0. The van der Waals surface area contributed by atoms with Gasteiger partial charge >= 0.3 is 12.3 Å². The summed E-state index contributed by atoms with van der Waals surface area (Å²) in [6, 6.07) is 4.12. The number of halogens is 4. The molecular weight excluding hydrogens is 250 g/mol. The fourth-order valence-corrected chi connectivity index (χ4v) is 1.50. The first kappa shape index (κ1) is 14.8. The quantitative estimate of drug-likeness (QED) is 0.801. The number of phenolic OH excluding ortho intramolecular Hbond substituents is 1. The van der Waals surface area contributed by atoms with E-state index in [1.165, 1.54) is 13.0 Å². The van der Waals surface area contributed by atoms with Crippen LogP contribution in [0.4, 0.5) is 17.6 Å². The van der Waals surface area contributed by atoms with Crippen molar-refractivity contribution in [3.05, 3.63) is 29.3 Å². The molecule has 0 spiro atoms. The van der Waals surface area contributed by atoms with Crippen LogP contribution in [-0.2, 0) is 0 Å². The van der Waals surface area contributed by atoms with E-state index in [0.29, 0.717) is 5.56 Å². The molecule has 2 N–H and O–H groups in total. The molecule has 0 amide bonds. The molecule has 0 aliphatic rings. The van der Waals surface area contributed by atoms with Gasteiger partial charge in [0, 0.05) is 11.6 Å². The van der Waals surface area contributed by atoms with Crippen LogP contribution in [0.1, 0.15) is 24.1 Å². The van der Waals surface area contributed by atoms with Gasteiger partial charge in [-0.3, -0.25) is 0 Å². The van der Waals surface area contributed by atoms with Crippen molar-refractivity contribution in [2.45, 2.75) is 32.2 Å². The van der Waals surface area contributed by atoms with Crippen LogP contribution in [0.5, 0.6) is 5.75 Å². The van der Waals surface area contributed by atoms with Crippen molar-refractivity contribution >= 4 is 0 Å². The van der Waals surface area contributed by atoms with Gasteiger partial charge in [0.15, 0.2) is 0 Å². The van der Waals surface area contributed by atoms with Crippen molar-refractivity contribution < 1.29 is 22.7 Å². The third-order valence-electron chi connectivity index (χ3n) is 2.62. The van der Waals surface area contributed by atoms with E-state index in [-0.39, 0.29) is 5.75 Å². The number of nitrogens with one attached hydrogen (secondary N) is 1. The van der Waals surface area contributed by atoms with E-state index < -0.39 is 24.9 Å². The fraction of sp³-hybridized carbons (Fsp3) is 0.500. The van der Waals surface area contributed by atoms with E-state index >= 15 is 0 Å². The standard InChI is InChI=1S/C12H15F4NO/c1-7-3-4-9(10(18)5-7)8(2)17-6-12(15,16)11(13)14/h3-5,8,11,17-18H,6H2,1-2H3. The maximum atomic E-state index is 12.7. The van der Waals surface area contributed by atoms with Gasteiger partial charge in [0.2, 0.25) is 0 Å². The second-order valence-corrected chi connectivity index (χ2v) is 4.23. The van der Waals surface area contributed by atoms with Gasteiger partial charge < -0.3 is 10.4 Å². The first-order chi connectivity index (χ1) is 8.24. The average Bonchev–Trinajstić information content (AvgIpc) is 2.25. The molecule has 0 fully saturated rings. The molecule has 0 heterocycles. The highest BCUT2D eigenvalue weighted by Crippen LogP contribution is 2.27. The van der Waals surface area contributed by atoms with Crippen molar-refractivity contribution in [2.24, 2.45) is 0 Å². The molecule has 0 aromatic heterocycles. The molecule has 102 valence electrons. The van der Waals surface area contributed by atoms with Gasteiger partial charge in [-0.1, -0.05) is 12.1 Å². The van der Waals surface area contributed by atoms with Crippen molar-refractivity contribution in [1.29, 1.82) is 0 Å². The van der Waals surface area contributed by atoms with Crippen LogP contribution in [0.3, 0.4) is 0 Å². The molecule has 2 nitrogen and oxygen atoms in total. The molecule has 6 heteroatoms. The van der Waals surface area contributed by atoms with E-state index in [1.807, 2.05) is 0 Å². The smallest absolute Gasteiger partial charge is 0.319 e. The number of aryl methyl sites for hydroxylation is 1. The van der Waals surface area contributed by atoms with Crippen LogP contribution in [-0.4, -0.2) is 24.0 Å². The maximum absolute atomic E-state index is 12.7. The number of hydrogen-bond acceptors (Lipinski definition) is 2. The van der Waals surface area contributed by atoms with E-state index in [4.69, 9.17) is 0 Å². The van der Waals surface area contributed by atoms with Gasteiger partial charge in [-0.15, -0.1) is 0 Å². The van der Waals surface area contributed by atoms with Crippen LogP contribution in [0.15, 0.2) is 18.2 Å². The second kappa shape index (κ2) is 5.56. The predicted octanol–water partition coefficient (Wildman–Crippen LogP) is 3.25. The van der Waals surface area contributed by atoms with Crippen LogP contribution in [0.2, 0.25) is 0 Å². The summed E-state index contributed by atoms with van der Waals surface area (Å²) in [6.07, 6.45) is -3.70. The van der Waals surface area contributed by atoms with E-state index in [9.17, 15) is 22.7 Å². The fourth-order valence-electron chi connectivity index (χ4n) is 1.50. The molecule has 0 bridgehead atoms. The molecule has 1 aromatic rings. The first-order valence-electron chi connectivity index (χ1n) is 5.43. The minimum absolute atomic E-state index is 0.0460. The number of rotatable bonds is 5.